The smallest absolute Gasteiger partial charge is 0.124 e. The molecule has 0 bridgehead atoms. The van der Waals surface area contributed by atoms with E-state index in [0.717, 1.165) is 30.6 Å². The third kappa shape index (κ3) is 5.69. The Morgan fingerprint density at radius 3 is 2.34 bits per heavy atom. The van der Waals surface area contributed by atoms with Crippen LogP contribution < -0.4 is 9.92 Å². The van der Waals surface area contributed by atoms with Crippen LogP contribution in [0.4, 0.5) is 0 Å². The van der Waals surface area contributed by atoms with Crippen molar-refractivity contribution in [1.82, 2.24) is 4.90 Å². The number of aliphatic hydroxyl groups excluding tert-OH is 1. The molecule has 0 radical (unpaired) electrons. The van der Waals surface area contributed by atoms with E-state index in [1.165, 1.54) is 5.19 Å². The minimum atomic E-state index is -1.68. The van der Waals surface area contributed by atoms with E-state index in [1.54, 1.807) is 0 Å². The Bertz CT molecular complexity index is 771. The minimum Gasteiger partial charge on any atom is -0.497 e. The first kappa shape index (κ1) is 22.0. The third-order valence-electron chi connectivity index (χ3n) is 5.65. The van der Waals surface area contributed by atoms with Crippen molar-refractivity contribution in [2.24, 2.45) is 0 Å². The molecule has 1 N–H and O–H groups in total. The standard InChI is InChI=1S/C24H35NO3Si/c1-18-15-25(16-19(2)28-18)24(20(3)26)21-10-9-11-22(14-21)27-17-29(4,5)23-12-7-6-8-13-23/h6-14,18-20,24,26H,15-17H2,1-5H3. The number of benzene rings is 2. The van der Waals surface area contributed by atoms with Gasteiger partial charge < -0.3 is 14.6 Å². The molecule has 4 atom stereocenters. The summed E-state index contributed by atoms with van der Waals surface area (Å²) in [5.41, 5.74) is 1.10. The molecule has 5 heteroatoms. The van der Waals surface area contributed by atoms with Crippen LogP contribution in [-0.4, -0.2) is 55.7 Å². The van der Waals surface area contributed by atoms with Gasteiger partial charge in [0.15, 0.2) is 0 Å². The van der Waals surface area contributed by atoms with Crippen molar-refractivity contribution >= 4 is 13.3 Å². The molecular formula is C24H35NO3Si. The molecule has 1 saturated heterocycles. The van der Waals surface area contributed by atoms with Gasteiger partial charge in [-0.3, -0.25) is 4.90 Å². The van der Waals surface area contributed by atoms with Crippen molar-refractivity contribution in [3.05, 3.63) is 60.2 Å². The molecule has 1 aliphatic rings. The molecule has 1 aliphatic heterocycles. The van der Waals surface area contributed by atoms with Gasteiger partial charge in [-0.05, 0) is 38.5 Å². The van der Waals surface area contributed by atoms with E-state index in [4.69, 9.17) is 9.47 Å². The van der Waals surface area contributed by atoms with Gasteiger partial charge in [0.2, 0.25) is 0 Å². The maximum absolute atomic E-state index is 10.6. The number of hydrogen-bond acceptors (Lipinski definition) is 4. The molecule has 0 aromatic heterocycles. The van der Waals surface area contributed by atoms with E-state index < -0.39 is 14.2 Å². The molecule has 29 heavy (non-hydrogen) atoms. The molecule has 158 valence electrons. The molecule has 4 unspecified atom stereocenters. The molecule has 0 saturated carbocycles. The summed E-state index contributed by atoms with van der Waals surface area (Å²) in [5.74, 6) is 0.874. The van der Waals surface area contributed by atoms with E-state index in [9.17, 15) is 5.11 Å². The highest BCUT2D eigenvalue weighted by Crippen LogP contribution is 2.30. The lowest BCUT2D eigenvalue weighted by Crippen LogP contribution is -2.49. The van der Waals surface area contributed by atoms with Crippen LogP contribution in [0.1, 0.15) is 32.4 Å². The van der Waals surface area contributed by atoms with Crippen molar-refractivity contribution in [2.45, 2.75) is 58.2 Å². The van der Waals surface area contributed by atoms with Gasteiger partial charge in [0, 0.05) is 13.1 Å². The summed E-state index contributed by atoms with van der Waals surface area (Å²) in [6.07, 6.45) is 0.581. The number of rotatable bonds is 7. The SMILES string of the molecule is CC1CN(C(c2cccc(OC[Si](C)(C)c3ccccc3)c2)C(C)O)CC(C)O1. The summed E-state index contributed by atoms with van der Waals surface area (Å²) in [6, 6.07) is 18.8. The van der Waals surface area contributed by atoms with Crippen LogP contribution in [-0.2, 0) is 4.74 Å². The van der Waals surface area contributed by atoms with E-state index >= 15 is 0 Å². The van der Waals surface area contributed by atoms with Gasteiger partial charge in [0.25, 0.3) is 0 Å². The van der Waals surface area contributed by atoms with E-state index in [0.29, 0.717) is 0 Å². The predicted molar refractivity (Wildman–Crippen MR) is 121 cm³/mol. The average Bonchev–Trinajstić information content (AvgIpc) is 2.67. The zero-order valence-electron chi connectivity index (χ0n) is 18.3. The second kappa shape index (κ2) is 9.43. The Kier molecular flexibility index (Phi) is 7.17. The van der Waals surface area contributed by atoms with Gasteiger partial charge in [-0.1, -0.05) is 60.7 Å². The van der Waals surface area contributed by atoms with Gasteiger partial charge >= 0.3 is 0 Å². The van der Waals surface area contributed by atoms with E-state index in [-0.39, 0.29) is 18.2 Å². The lowest BCUT2D eigenvalue weighted by atomic mass is 9.98. The fourth-order valence-corrected chi connectivity index (χ4v) is 6.05. The lowest BCUT2D eigenvalue weighted by molar-refractivity contribution is -0.0948. The molecule has 2 aromatic carbocycles. The highest BCUT2D eigenvalue weighted by molar-refractivity contribution is 6.89. The normalized spacial score (nSPS) is 22.8. The van der Waals surface area contributed by atoms with Crippen LogP contribution >= 0.6 is 0 Å². The van der Waals surface area contributed by atoms with Crippen molar-refractivity contribution < 1.29 is 14.6 Å². The summed E-state index contributed by atoms with van der Waals surface area (Å²) >= 11 is 0. The van der Waals surface area contributed by atoms with Crippen LogP contribution in [0, 0.1) is 0 Å². The van der Waals surface area contributed by atoms with Gasteiger partial charge in [-0.25, -0.2) is 0 Å². The Morgan fingerprint density at radius 2 is 1.72 bits per heavy atom. The Balaban J connectivity index is 1.75. The first-order valence-electron chi connectivity index (χ1n) is 10.6. The van der Waals surface area contributed by atoms with Gasteiger partial charge in [0.1, 0.15) is 13.8 Å². The van der Waals surface area contributed by atoms with Crippen molar-refractivity contribution in [1.29, 1.82) is 0 Å². The number of morpholine rings is 1. The molecule has 3 rings (SSSR count). The molecule has 1 fully saturated rings. The van der Waals surface area contributed by atoms with Gasteiger partial charge in [-0.2, -0.15) is 0 Å². The molecule has 4 nitrogen and oxygen atoms in total. The zero-order chi connectivity index (χ0) is 21.0. The fraction of sp³-hybridized carbons (Fsp3) is 0.500. The van der Waals surface area contributed by atoms with Crippen LogP contribution in [0.25, 0.3) is 0 Å². The maximum Gasteiger partial charge on any atom is 0.124 e. The molecule has 1 heterocycles. The summed E-state index contributed by atoms with van der Waals surface area (Å²) in [6.45, 7) is 12.4. The molecular weight excluding hydrogens is 378 g/mol. The van der Waals surface area contributed by atoms with Crippen LogP contribution in [0.3, 0.4) is 0 Å². The van der Waals surface area contributed by atoms with Gasteiger partial charge in [0.05, 0.1) is 30.6 Å². The van der Waals surface area contributed by atoms with Crippen LogP contribution in [0.15, 0.2) is 54.6 Å². The second-order valence-corrected chi connectivity index (χ2v) is 13.6. The van der Waals surface area contributed by atoms with E-state index in [2.05, 4.69) is 74.3 Å². The summed E-state index contributed by atoms with van der Waals surface area (Å²) in [7, 11) is -1.68. The van der Waals surface area contributed by atoms with Crippen LogP contribution in [0.2, 0.25) is 13.1 Å². The third-order valence-corrected chi connectivity index (χ3v) is 8.42. The summed E-state index contributed by atoms with van der Waals surface area (Å²) in [5, 5.41) is 12.0. The molecule has 2 aromatic rings. The molecule has 0 aliphatic carbocycles. The topological polar surface area (TPSA) is 41.9 Å². The first-order valence-corrected chi connectivity index (χ1v) is 13.8. The van der Waals surface area contributed by atoms with E-state index in [1.807, 2.05) is 19.1 Å². The number of nitrogens with zero attached hydrogens (tertiary/aromatic N) is 1. The number of hydrogen-bond donors (Lipinski definition) is 1. The summed E-state index contributed by atoms with van der Waals surface area (Å²) < 4.78 is 12.1. The monoisotopic (exact) mass is 413 g/mol. The van der Waals surface area contributed by atoms with Crippen molar-refractivity contribution in [2.75, 3.05) is 19.3 Å². The highest BCUT2D eigenvalue weighted by atomic mass is 28.3. The summed E-state index contributed by atoms with van der Waals surface area (Å²) in [4.78, 5) is 2.34. The molecule has 0 spiro atoms. The first-order chi connectivity index (χ1) is 13.8. The predicted octanol–water partition coefficient (Wildman–Crippen LogP) is 3.75. The Labute approximate surface area is 176 Å². The Hall–Kier alpha value is -1.66. The quantitative estimate of drug-likeness (QED) is 0.702. The lowest BCUT2D eigenvalue weighted by Gasteiger charge is -2.41. The zero-order valence-corrected chi connectivity index (χ0v) is 19.3. The largest absolute Gasteiger partial charge is 0.497 e. The average molecular weight is 414 g/mol. The maximum atomic E-state index is 10.6. The van der Waals surface area contributed by atoms with Crippen LogP contribution in [0.5, 0.6) is 5.75 Å². The minimum absolute atomic E-state index is 0.0632. The number of ether oxygens (including phenoxy) is 2. The highest BCUT2D eigenvalue weighted by Gasteiger charge is 2.32. The number of aliphatic hydroxyl groups is 1. The fourth-order valence-electron chi connectivity index (χ4n) is 4.26. The van der Waals surface area contributed by atoms with Crippen molar-refractivity contribution in [3.63, 3.8) is 0 Å². The second-order valence-electron chi connectivity index (χ2n) is 9.01. The Morgan fingerprint density at radius 1 is 1.07 bits per heavy atom. The van der Waals surface area contributed by atoms with Crippen molar-refractivity contribution in [3.8, 4) is 5.75 Å². The van der Waals surface area contributed by atoms with Gasteiger partial charge in [-0.15, -0.1) is 0 Å². The molecule has 0 amide bonds.